The minimum absolute atomic E-state index is 0.307. The highest BCUT2D eigenvalue weighted by atomic mass is 35.5. The van der Waals surface area contributed by atoms with Crippen LogP contribution in [0.15, 0.2) is 24.5 Å². The van der Waals surface area contributed by atoms with Crippen molar-refractivity contribution in [3.8, 4) is 0 Å². The van der Waals surface area contributed by atoms with E-state index < -0.39 is 5.82 Å². The number of benzene rings is 1. The molecule has 0 aliphatic carbocycles. The van der Waals surface area contributed by atoms with Crippen LogP contribution in [0.25, 0.3) is 0 Å². The molecule has 1 heterocycles. The minimum Gasteiger partial charge on any atom is -0.340 e. The lowest BCUT2D eigenvalue weighted by molar-refractivity contribution is 0.628. The van der Waals surface area contributed by atoms with Gasteiger partial charge in [-0.1, -0.05) is 11.6 Å². The van der Waals surface area contributed by atoms with E-state index in [1.165, 1.54) is 18.5 Å². The predicted octanol–water partition coefficient (Wildman–Crippen LogP) is 2.61. The average molecular weight is 268 g/mol. The molecule has 2 rings (SSSR count). The lowest BCUT2D eigenvalue weighted by Gasteiger charge is -2.11. The zero-order valence-corrected chi connectivity index (χ0v) is 10.3. The monoisotopic (exact) mass is 267 g/mol. The van der Waals surface area contributed by atoms with E-state index in [-0.39, 0.29) is 0 Å². The van der Waals surface area contributed by atoms with Crippen molar-refractivity contribution in [3.05, 3.63) is 40.9 Å². The summed E-state index contributed by atoms with van der Waals surface area (Å²) in [7, 11) is 0. The molecular formula is C11H11ClFN5. The summed E-state index contributed by atoms with van der Waals surface area (Å²) in [6.07, 6.45) is 1.35. The third-order valence-electron chi connectivity index (χ3n) is 2.35. The Bertz CT molecular complexity index is 555. The smallest absolute Gasteiger partial charge is 0.148 e. The summed E-state index contributed by atoms with van der Waals surface area (Å²) in [5.41, 5.74) is 3.68. The first-order valence-corrected chi connectivity index (χ1v) is 5.49. The van der Waals surface area contributed by atoms with Gasteiger partial charge in [0.05, 0.1) is 0 Å². The zero-order chi connectivity index (χ0) is 13.1. The number of nitrogens with two attached hydrogens (primary N) is 1. The molecule has 2 aromatic rings. The van der Waals surface area contributed by atoms with E-state index in [1.807, 2.05) is 0 Å². The SMILES string of the molecule is Cc1c(NN)ncnc1Nc1cc(F)cc(Cl)c1. The van der Waals surface area contributed by atoms with E-state index in [0.717, 1.165) is 5.56 Å². The molecule has 0 radical (unpaired) electrons. The number of nitrogens with one attached hydrogen (secondary N) is 2. The average Bonchev–Trinajstić information content (AvgIpc) is 2.30. The number of hydrogen-bond donors (Lipinski definition) is 3. The van der Waals surface area contributed by atoms with Gasteiger partial charge < -0.3 is 10.7 Å². The van der Waals surface area contributed by atoms with Crippen molar-refractivity contribution in [2.24, 2.45) is 5.84 Å². The molecule has 0 aliphatic heterocycles. The van der Waals surface area contributed by atoms with Crippen molar-refractivity contribution < 1.29 is 4.39 Å². The Kier molecular flexibility index (Phi) is 3.59. The lowest BCUT2D eigenvalue weighted by atomic mass is 10.2. The molecule has 0 saturated heterocycles. The summed E-state index contributed by atoms with van der Waals surface area (Å²) >= 11 is 5.77. The van der Waals surface area contributed by atoms with Gasteiger partial charge in [-0.15, -0.1) is 0 Å². The third kappa shape index (κ3) is 2.66. The van der Waals surface area contributed by atoms with Crippen LogP contribution in [0.5, 0.6) is 0 Å². The molecule has 18 heavy (non-hydrogen) atoms. The van der Waals surface area contributed by atoms with Crippen molar-refractivity contribution in [1.82, 2.24) is 9.97 Å². The normalized spacial score (nSPS) is 10.2. The van der Waals surface area contributed by atoms with E-state index in [1.54, 1.807) is 13.0 Å². The summed E-state index contributed by atoms with van der Waals surface area (Å²) in [6.45, 7) is 1.79. The van der Waals surface area contributed by atoms with Crippen LogP contribution < -0.4 is 16.6 Å². The maximum Gasteiger partial charge on any atom is 0.148 e. The Balaban J connectivity index is 2.34. The number of nitrogens with zero attached hydrogens (tertiary/aromatic N) is 2. The molecule has 0 unspecified atom stereocenters. The summed E-state index contributed by atoms with van der Waals surface area (Å²) in [5, 5.41) is 3.26. The first-order chi connectivity index (χ1) is 8.60. The van der Waals surface area contributed by atoms with Crippen molar-refractivity contribution in [2.45, 2.75) is 6.92 Å². The van der Waals surface area contributed by atoms with E-state index in [4.69, 9.17) is 17.4 Å². The van der Waals surface area contributed by atoms with Gasteiger partial charge in [-0.3, -0.25) is 0 Å². The molecule has 0 bridgehead atoms. The van der Waals surface area contributed by atoms with Crippen molar-refractivity contribution in [2.75, 3.05) is 10.7 Å². The van der Waals surface area contributed by atoms with Gasteiger partial charge in [0, 0.05) is 16.3 Å². The fourth-order valence-corrected chi connectivity index (χ4v) is 1.71. The molecule has 5 nitrogen and oxygen atoms in total. The molecule has 0 spiro atoms. The van der Waals surface area contributed by atoms with Gasteiger partial charge >= 0.3 is 0 Å². The first kappa shape index (κ1) is 12.5. The lowest BCUT2D eigenvalue weighted by Crippen LogP contribution is -2.11. The second-order valence-electron chi connectivity index (χ2n) is 3.62. The second kappa shape index (κ2) is 5.16. The van der Waals surface area contributed by atoms with Crippen LogP contribution in [0.3, 0.4) is 0 Å². The molecule has 1 aromatic carbocycles. The number of anilines is 3. The predicted molar refractivity (Wildman–Crippen MR) is 69.3 cm³/mol. The Labute approximate surface area is 108 Å². The summed E-state index contributed by atoms with van der Waals surface area (Å²) in [5.74, 6) is 5.91. The van der Waals surface area contributed by atoms with Crippen LogP contribution in [0, 0.1) is 12.7 Å². The molecule has 7 heteroatoms. The van der Waals surface area contributed by atoms with Crippen molar-refractivity contribution in [3.63, 3.8) is 0 Å². The fourth-order valence-electron chi connectivity index (χ4n) is 1.48. The number of aromatic nitrogens is 2. The number of hydrazine groups is 1. The molecule has 0 atom stereocenters. The van der Waals surface area contributed by atoms with Crippen molar-refractivity contribution >= 4 is 28.9 Å². The number of hydrogen-bond acceptors (Lipinski definition) is 5. The Hall–Kier alpha value is -1.92. The number of halogens is 2. The standard InChI is InChI=1S/C11H11ClFN5/c1-6-10(15-5-16-11(6)18-14)17-9-3-7(12)2-8(13)4-9/h2-5H,14H2,1H3,(H2,15,16,17,18). The van der Waals surface area contributed by atoms with Crippen LogP contribution in [-0.4, -0.2) is 9.97 Å². The van der Waals surface area contributed by atoms with Crippen LogP contribution in [0.4, 0.5) is 21.7 Å². The Morgan fingerprint density at radius 2 is 1.94 bits per heavy atom. The maximum absolute atomic E-state index is 13.2. The van der Waals surface area contributed by atoms with Crippen LogP contribution in [0.1, 0.15) is 5.56 Å². The minimum atomic E-state index is -0.422. The first-order valence-electron chi connectivity index (χ1n) is 5.11. The largest absolute Gasteiger partial charge is 0.340 e. The van der Waals surface area contributed by atoms with Gasteiger partial charge in [0.1, 0.15) is 23.8 Å². The topological polar surface area (TPSA) is 75.9 Å². The molecule has 0 aliphatic rings. The molecule has 0 amide bonds. The summed E-state index contributed by atoms with van der Waals surface area (Å²) in [4.78, 5) is 8.00. The van der Waals surface area contributed by atoms with E-state index >= 15 is 0 Å². The fraction of sp³-hybridized carbons (Fsp3) is 0.0909. The van der Waals surface area contributed by atoms with E-state index in [9.17, 15) is 4.39 Å². The van der Waals surface area contributed by atoms with Gasteiger partial charge in [-0.2, -0.15) is 0 Å². The summed E-state index contributed by atoms with van der Waals surface area (Å²) < 4.78 is 13.2. The molecule has 4 N–H and O–H groups in total. The Morgan fingerprint density at radius 1 is 1.22 bits per heavy atom. The summed E-state index contributed by atoms with van der Waals surface area (Å²) in [6, 6.07) is 4.15. The number of nitrogen functional groups attached to an aromatic ring is 1. The molecular weight excluding hydrogens is 257 g/mol. The van der Waals surface area contributed by atoms with Crippen LogP contribution in [0.2, 0.25) is 5.02 Å². The van der Waals surface area contributed by atoms with E-state index in [0.29, 0.717) is 22.3 Å². The van der Waals surface area contributed by atoms with Gasteiger partial charge in [-0.05, 0) is 25.1 Å². The van der Waals surface area contributed by atoms with Gasteiger partial charge in [-0.25, -0.2) is 20.2 Å². The maximum atomic E-state index is 13.2. The molecule has 94 valence electrons. The highest BCUT2D eigenvalue weighted by Crippen LogP contribution is 2.24. The van der Waals surface area contributed by atoms with Crippen molar-refractivity contribution in [1.29, 1.82) is 0 Å². The second-order valence-corrected chi connectivity index (χ2v) is 4.06. The van der Waals surface area contributed by atoms with Crippen LogP contribution >= 0.6 is 11.6 Å². The molecule has 1 aromatic heterocycles. The number of rotatable bonds is 3. The molecule has 0 saturated carbocycles. The molecule has 0 fully saturated rings. The highest BCUT2D eigenvalue weighted by Gasteiger charge is 2.07. The quantitative estimate of drug-likeness (QED) is 0.589. The van der Waals surface area contributed by atoms with Crippen LogP contribution in [-0.2, 0) is 0 Å². The zero-order valence-electron chi connectivity index (χ0n) is 9.54. The Morgan fingerprint density at radius 3 is 2.61 bits per heavy atom. The van der Waals surface area contributed by atoms with Gasteiger partial charge in [0.15, 0.2) is 0 Å². The third-order valence-corrected chi connectivity index (χ3v) is 2.56. The van der Waals surface area contributed by atoms with Gasteiger partial charge in [0.2, 0.25) is 0 Å². The van der Waals surface area contributed by atoms with Gasteiger partial charge in [0.25, 0.3) is 0 Å². The highest BCUT2D eigenvalue weighted by molar-refractivity contribution is 6.30. The van der Waals surface area contributed by atoms with E-state index in [2.05, 4.69) is 20.7 Å².